The molecule has 0 radical (unpaired) electrons. The summed E-state index contributed by atoms with van der Waals surface area (Å²) in [6, 6.07) is 11.2. The molecule has 4 rings (SSSR count). The Kier molecular flexibility index (Phi) is 6.65. The highest BCUT2D eigenvalue weighted by Crippen LogP contribution is 2.41. The van der Waals surface area contributed by atoms with Crippen LogP contribution in [0.5, 0.6) is 17.2 Å². The number of amides is 1. The van der Waals surface area contributed by atoms with Crippen molar-refractivity contribution in [2.75, 3.05) is 40.1 Å². The summed E-state index contributed by atoms with van der Waals surface area (Å²) in [5.41, 5.74) is 0.979. The van der Waals surface area contributed by atoms with Crippen molar-refractivity contribution in [2.24, 2.45) is 0 Å². The molecule has 1 fully saturated rings. The van der Waals surface area contributed by atoms with E-state index in [-0.39, 0.29) is 24.5 Å². The smallest absolute Gasteiger partial charge is 0.295 e. The molecule has 8 nitrogen and oxygen atoms in total. The van der Waals surface area contributed by atoms with Crippen molar-refractivity contribution in [3.63, 3.8) is 0 Å². The monoisotopic (exact) mass is 451 g/mol. The first-order valence-electron chi connectivity index (χ1n) is 10.6. The summed E-state index contributed by atoms with van der Waals surface area (Å²) in [5, 5.41) is 11.2. The Hall–Kier alpha value is -3.78. The van der Waals surface area contributed by atoms with E-state index in [9.17, 15) is 14.7 Å². The lowest BCUT2D eigenvalue weighted by atomic mass is 9.95. The third-order valence-corrected chi connectivity index (χ3v) is 5.43. The van der Waals surface area contributed by atoms with Gasteiger partial charge >= 0.3 is 0 Å². The standard InChI is InChI=1S/C25H25NO7/c1-3-10-31-18-6-4-5-16(14-18)22-21(24(28)25(29)26(22)9-11-30-2)23(27)17-7-8-19-20(15-17)33-13-12-32-19/h3-8,14-15,22,27H,1,9-13H2,2H3/t22-/m0/s1. The molecule has 2 aliphatic rings. The molecular weight excluding hydrogens is 426 g/mol. The van der Waals surface area contributed by atoms with Gasteiger partial charge in [-0.25, -0.2) is 0 Å². The summed E-state index contributed by atoms with van der Waals surface area (Å²) in [5.74, 6) is -0.163. The Morgan fingerprint density at radius 1 is 1.18 bits per heavy atom. The fraction of sp³-hybridized carbons (Fsp3) is 0.280. The van der Waals surface area contributed by atoms with E-state index >= 15 is 0 Å². The van der Waals surface area contributed by atoms with Crippen LogP contribution in [-0.4, -0.2) is 61.8 Å². The summed E-state index contributed by atoms with van der Waals surface area (Å²) >= 11 is 0. The zero-order chi connectivity index (χ0) is 23.4. The van der Waals surface area contributed by atoms with Gasteiger partial charge in [-0.05, 0) is 35.9 Å². The quantitative estimate of drug-likeness (QED) is 0.285. The maximum atomic E-state index is 13.1. The summed E-state index contributed by atoms with van der Waals surface area (Å²) in [7, 11) is 1.52. The summed E-state index contributed by atoms with van der Waals surface area (Å²) < 4.78 is 21.9. The lowest BCUT2D eigenvalue weighted by Crippen LogP contribution is -2.32. The van der Waals surface area contributed by atoms with Crippen molar-refractivity contribution in [2.45, 2.75) is 6.04 Å². The zero-order valence-electron chi connectivity index (χ0n) is 18.3. The number of benzene rings is 2. The maximum Gasteiger partial charge on any atom is 0.295 e. The number of aliphatic hydroxyl groups is 1. The Morgan fingerprint density at radius 2 is 1.97 bits per heavy atom. The van der Waals surface area contributed by atoms with Gasteiger partial charge in [-0.1, -0.05) is 24.8 Å². The highest BCUT2D eigenvalue weighted by Gasteiger charge is 2.46. The van der Waals surface area contributed by atoms with Gasteiger partial charge in [0.15, 0.2) is 11.5 Å². The van der Waals surface area contributed by atoms with Gasteiger partial charge in [0.25, 0.3) is 11.7 Å². The average molecular weight is 451 g/mol. The Bertz CT molecular complexity index is 1110. The number of methoxy groups -OCH3 is 1. The highest BCUT2D eigenvalue weighted by molar-refractivity contribution is 6.46. The molecule has 1 atom stereocenters. The first kappa shape index (κ1) is 22.4. The molecule has 8 heteroatoms. The van der Waals surface area contributed by atoms with Crippen molar-refractivity contribution in [3.05, 3.63) is 71.8 Å². The fourth-order valence-corrected chi connectivity index (χ4v) is 3.92. The maximum absolute atomic E-state index is 13.1. The minimum Gasteiger partial charge on any atom is -0.507 e. The van der Waals surface area contributed by atoms with Crippen molar-refractivity contribution in [3.8, 4) is 17.2 Å². The van der Waals surface area contributed by atoms with Gasteiger partial charge in [0.2, 0.25) is 0 Å². The van der Waals surface area contributed by atoms with E-state index < -0.39 is 17.7 Å². The predicted molar refractivity (Wildman–Crippen MR) is 120 cm³/mol. The second-order valence-corrected chi connectivity index (χ2v) is 7.52. The van der Waals surface area contributed by atoms with E-state index in [1.54, 1.807) is 48.5 Å². The van der Waals surface area contributed by atoms with Crippen molar-refractivity contribution in [1.29, 1.82) is 0 Å². The van der Waals surface area contributed by atoms with Crippen molar-refractivity contribution in [1.82, 2.24) is 4.90 Å². The van der Waals surface area contributed by atoms with E-state index in [0.717, 1.165) is 0 Å². The van der Waals surface area contributed by atoms with Gasteiger partial charge < -0.3 is 29.0 Å². The molecule has 2 aromatic rings. The van der Waals surface area contributed by atoms with Gasteiger partial charge in [0.05, 0.1) is 18.2 Å². The van der Waals surface area contributed by atoms with Crippen LogP contribution in [-0.2, 0) is 14.3 Å². The van der Waals surface area contributed by atoms with Crippen LogP contribution in [0.25, 0.3) is 5.76 Å². The number of fused-ring (bicyclic) bond motifs is 1. The third-order valence-electron chi connectivity index (χ3n) is 5.43. The lowest BCUT2D eigenvalue weighted by molar-refractivity contribution is -0.140. The third kappa shape index (κ3) is 4.42. The molecule has 33 heavy (non-hydrogen) atoms. The predicted octanol–water partition coefficient (Wildman–Crippen LogP) is 3.09. The first-order chi connectivity index (χ1) is 16.0. The number of carbonyl (C=O) groups excluding carboxylic acids is 2. The summed E-state index contributed by atoms with van der Waals surface area (Å²) in [4.78, 5) is 27.4. The molecule has 0 unspecified atom stereocenters. The van der Waals surface area contributed by atoms with E-state index in [1.165, 1.54) is 12.0 Å². The van der Waals surface area contributed by atoms with E-state index in [1.807, 2.05) is 0 Å². The van der Waals surface area contributed by atoms with Crippen molar-refractivity contribution < 1.29 is 33.6 Å². The number of carbonyl (C=O) groups is 2. The van der Waals surface area contributed by atoms with Crippen LogP contribution in [0.15, 0.2) is 60.7 Å². The van der Waals surface area contributed by atoms with Crippen LogP contribution >= 0.6 is 0 Å². The first-order valence-corrected chi connectivity index (χ1v) is 10.6. The molecule has 2 heterocycles. The number of ether oxygens (including phenoxy) is 4. The van der Waals surface area contributed by atoms with Crippen LogP contribution in [0.2, 0.25) is 0 Å². The van der Waals surface area contributed by atoms with Crippen LogP contribution < -0.4 is 14.2 Å². The second kappa shape index (κ2) is 9.79. The van der Waals surface area contributed by atoms with Gasteiger partial charge in [0, 0.05) is 19.2 Å². The Labute approximate surface area is 191 Å². The molecule has 0 aliphatic carbocycles. The van der Waals surface area contributed by atoms with Gasteiger partial charge in [-0.15, -0.1) is 0 Å². The summed E-state index contributed by atoms with van der Waals surface area (Å²) in [6.07, 6.45) is 1.62. The molecular formula is C25H25NO7. The zero-order valence-corrected chi connectivity index (χ0v) is 18.3. The second-order valence-electron chi connectivity index (χ2n) is 7.52. The lowest BCUT2D eigenvalue weighted by Gasteiger charge is -2.25. The van der Waals surface area contributed by atoms with Gasteiger partial charge in [-0.3, -0.25) is 9.59 Å². The molecule has 1 N–H and O–H groups in total. The molecule has 2 aromatic carbocycles. The molecule has 172 valence electrons. The normalized spacial score (nSPS) is 18.9. The molecule has 0 aromatic heterocycles. The Morgan fingerprint density at radius 3 is 2.73 bits per heavy atom. The molecule has 2 aliphatic heterocycles. The highest BCUT2D eigenvalue weighted by atomic mass is 16.6. The van der Waals surface area contributed by atoms with Gasteiger partial charge in [-0.2, -0.15) is 0 Å². The molecule has 0 saturated carbocycles. The van der Waals surface area contributed by atoms with E-state index in [4.69, 9.17) is 18.9 Å². The largest absolute Gasteiger partial charge is 0.507 e. The molecule has 1 amide bonds. The number of hydrogen-bond acceptors (Lipinski definition) is 7. The fourth-order valence-electron chi connectivity index (χ4n) is 3.92. The molecule has 0 bridgehead atoms. The van der Waals surface area contributed by atoms with E-state index in [0.29, 0.717) is 48.2 Å². The number of Topliss-reactive ketones (excluding diaryl/α,β-unsaturated/α-hetero) is 1. The van der Waals surface area contributed by atoms with Crippen molar-refractivity contribution >= 4 is 17.4 Å². The van der Waals surface area contributed by atoms with Gasteiger partial charge in [0.1, 0.15) is 31.3 Å². The molecule has 0 spiro atoms. The van der Waals surface area contributed by atoms with Crippen LogP contribution in [0, 0.1) is 0 Å². The number of rotatable bonds is 8. The number of hydrogen-bond donors (Lipinski definition) is 1. The average Bonchev–Trinajstić information content (AvgIpc) is 3.10. The number of likely N-dealkylation sites (tertiary alicyclic amines) is 1. The number of nitrogens with zero attached hydrogens (tertiary/aromatic N) is 1. The number of ketones is 1. The SMILES string of the molecule is C=CCOc1cccc([C@H]2C(=C(O)c3ccc4c(c3)OCCO4)C(=O)C(=O)N2CCOC)c1. The Balaban J connectivity index is 1.81. The van der Waals surface area contributed by atoms with Crippen LogP contribution in [0.1, 0.15) is 17.2 Å². The van der Waals surface area contributed by atoms with Crippen LogP contribution in [0.3, 0.4) is 0 Å². The molecule has 1 saturated heterocycles. The minimum atomic E-state index is -0.805. The summed E-state index contributed by atoms with van der Waals surface area (Å²) in [6.45, 7) is 5.20. The van der Waals surface area contributed by atoms with E-state index in [2.05, 4.69) is 6.58 Å². The minimum absolute atomic E-state index is 0.00588. The van der Waals surface area contributed by atoms with Crippen LogP contribution in [0.4, 0.5) is 0 Å². The topological polar surface area (TPSA) is 94.5 Å². The number of aliphatic hydroxyl groups excluding tert-OH is 1.